The van der Waals surface area contributed by atoms with E-state index in [1.165, 1.54) is 0 Å². The summed E-state index contributed by atoms with van der Waals surface area (Å²) in [6, 6.07) is 16.8. The molecule has 0 radical (unpaired) electrons. The highest BCUT2D eigenvalue weighted by Gasteiger charge is 2.14. The van der Waals surface area contributed by atoms with Gasteiger partial charge in [0.15, 0.2) is 0 Å². The molecule has 0 heterocycles. The van der Waals surface area contributed by atoms with Crippen molar-refractivity contribution >= 4 is 17.6 Å². The SMILES string of the molecule is CCOC(=O)c1ccccc1NC(=O)CN[C@H](C)c1ccccc1. The molecule has 0 fully saturated rings. The zero-order valence-electron chi connectivity index (χ0n) is 13.9. The molecule has 0 bridgehead atoms. The summed E-state index contributed by atoms with van der Waals surface area (Å²) in [6.07, 6.45) is 0. The van der Waals surface area contributed by atoms with E-state index in [1.54, 1.807) is 31.2 Å². The third-order valence-electron chi connectivity index (χ3n) is 3.56. The third-order valence-corrected chi connectivity index (χ3v) is 3.56. The molecule has 126 valence electrons. The van der Waals surface area contributed by atoms with E-state index in [0.717, 1.165) is 5.56 Å². The molecule has 2 rings (SSSR count). The highest BCUT2D eigenvalue weighted by atomic mass is 16.5. The van der Waals surface area contributed by atoms with Gasteiger partial charge in [0.1, 0.15) is 0 Å². The molecule has 1 atom stereocenters. The molecule has 2 aromatic rings. The predicted octanol–water partition coefficient (Wildman–Crippen LogP) is 3.15. The summed E-state index contributed by atoms with van der Waals surface area (Å²) in [5.41, 5.74) is 1.91. The van der Waals surface area contributed by atoms with Crippen LogP contribution in [0.2, 0.25) is 0 Å². The molecule has 1 amide bonds. The molecule has 5 heteroatoms. The number of rotatable bonds is 7. The van der Waals surface area contributed by atoms with Crippen molar-refractivity contribution in [1.29, 1.82) is 0 Å². The van der Waals surface area contributed by atoms with Crippen LogP contribution in [0.15, 0.2) is 54.6 Å². The average molecular weight is 326 g/mol. The molecular weight excluding hydrogens is 304 g/mol. The Morgan fingerprint density at radius 3 is 2.42 bits per heavy atom. The van der Waals surface area contributed by atoms with E-state index in [-0.39, 0.29) is 25.1 Å². The van der Waals surface area contributed by atoms with Gasteiger partial charge in [0.2, 0.25) is 5.91 Å². The van der Waals surface area contributed by atoms with Gasteiger partial charge in [-0.05, 0) is 31.5 Å². The van der Waals surface area contributed by atoms with E-state index >= 15 is 0 Å². The minimum atomic E-state index is -0.445. The number of hydrogen-bond acceptors (Lipinski definition) is 4. The minimum Gasteiger partial charge on any atom is -0.462 e. The van der Waals surface area contributed by atoms with Crippen LogP contribution in [-0.2, 0) is 9.53 Å². The van der Waals surface area contributed by atoms with Gasteiger partial charge in [0, 0.05) is 6.04 Å². The Morgan fingerprint density at radius 2 is 1.71 bits per heavy atom. The Kier molecular flexibility index (Phi) is 6.51. The maximum absolute atomic E-state index is 12.2. The molecule has 0 aliphatic heterocycles. The van der Waals surface area contributed by atoms with Gasteiger partial charge in [0.05, 0.1) is 24.4 Å². The maximum atomic E-state index is 12.2. The lowest BCUT2D eigenvalue weighted by Crippen LogP contribution is -2.30. The van der Waals surface area contributed by atoms with Crippen molar-refractivity contribution in [3.8, 4) is 0 Å². The molecular formula is C19H22N2O3. The molecule has 0 aliphatic rings. The first-order valence-electron chi connectivity index (χ1n) is 7.96. The Morgan fingerprint density at radius 1 is 1.04 bits per heavy atom. The fourth-order valence-electron chi connectivity index (χ4n) is 2.28. The molecule has 0 aromatic heterocycles. The molecule has 0 unspecified atom stereocenters. The summed E-state index contributed by atoms with van der Waals surface area (Å²) in [7, 11) is 0. The molecule has 0 saturated heterocycles. The van der Waals surface area contributed by atoms with Crippen molar-refractivity contribution in [2.24, 2.45) is 0 Å². The summed E-state index contributed by atoms with van der Waals surface area (Å²) in [5.74, 6) is -0.659. The van der Waals surface area contributed by atoms with Gasteiger partial charge in [-0.1, -0.05) is 42.5 Å². The first-order chi connectivity index (χ1) is 11.6. The summed E-state index contributed by atoms with van der Waals surface area (Å²) < 4.78 is 5.00. The Labute approximate surface area is 142 Å². The monoisotopic (exact) mass is 326 g/mol. The number of amides is 1. The van der Waals surface area contributed by atoms with Crippen LogP contribution in [0.1, 0.15) is 35.8 Å². The van der Waals surface area contributed by atoms with Crippen LogP contribution in [0.3, 0.4) is 0 Å². The van der Waals surface area contributed by atoms with Crippen LogP contribution >= 0.6 is 0 Å². The molecule has 0 saturated carbocycles. The lowest BCUT2D eigenvalue weighted by molar-refractivity contribution is -0.115. The van der Waals surface area contributed by atoms with E-state index in [2.05, 4.69) is 10.6 Å². The maximum Gasteiger partial charge on any atom is 0.340 e. The highest BCUT2D eigenvalue weighted by Crippen LogP contribution is 2.16. The van der Waals surface area contributed by atoms with E-state index in [0.29, 0.717) is 11.3 Å². The molecule has 24 heavy (non-hydrogen) atoms. The number of ether oxygens (including phenoxy) is 1. The van der Waals surface area contributed by atoms with Gasteiger partial charge < -0.3 is 15.4 Å². The standard InChI is InChI=1S/C19H22N2O3/c1-3-24-19(23)16-11-7-8-12-17(16)21-18(22)13-20-14(2)15-9-5-4-6-10-15/h4-12,14,20H,3,13H2,1-2H3,(H,21,22)/t14-/m1/s1. The van der Waals surface area contributed by atoms with E-state index in [1.807, 2.05) is 37.3 Å². The topological polar surface area (TPSA) is 67.4 Å². The van der Waals surface area contributed by atoms with Crippen LogP contribution in [0.25, 0.3) is 0 Å². The lowest BCUT2D eigenvalue weighted by Gasteiger charge is -2.15. The molecule has 0 spiro atoms. The van der Waals surface area contributed by atoms with Gasteiger partial charge >= 0.3 is 5.97 Å². The third kappa shape index (κ3) is 4.93. The quantitative estimate of drug-likeness (QED) is 0.767. The van der Waals surface area contributed by atoms with Gasteiger partial charge in [-0.25, -0.2) is 4.79 Å². The van der Waals surface area contributed by atoms with Crippen molar-refractivity contribution in [3.05, 3.63) is 65.7 Å². The fourth-order valence-corrected chi connectivity index (χ4v) is 2.28. The second-order valence-electron chi connectivity index (χ2n) is 5.33. The number of esters is 1. The summed E-state index contributed by atoms with van der Waals surface area (Å²) in [4.78, 5) is 24.1. The van der Waals surface area contributed by atoms with Gasteiger partial charge in [-0.3, -0.25) is 4.79 Å². The smallest absolute Gasteiger partial charge is 0.340 e. The van der Waals surface area contributed by atoms with Crippen LogP contribution in [0, 0.1) is 0 Å². The summed E-state index contributed by atoms with van der Waals surface area (Å²) in [5, 5.41) is 5.92. The number of hydrogen-bond donors (Lipinski definition) is 2. The van der Waals surface area contributed by atoms with E-state index < -0.39 is 5.97 Å². The summed E-state index contributed by atoms with van der Waals surface area (Å²) >= 11 is 0. The number of carbonyl (C=O) groups excluding carboxylic acids is 2. The predicted molar refractivity (Wildman–Crippen MR) is 93.9 cm³/mol. The van der Waals surface area contributed by atoms with Crippen molar-refractivity contribution in [2.75, 3.05) is 18.5 Å². The zero-order valence-corrected chi connectivity index (χ0v) is 13.9. The second kappa shape index (κ2) is 8.84. The van der Waals surface area contributed by atoms with Crippen molar-refractivity contribution in [1.82, 2.24) is 5.32 Å². The molecule has 2 N–H and O–H groups in total. The normalized spacial score (nSPS) is 11.6. The first-order valence-corrected chi connectivity index (χ1v) is 7.96. The highest BCUT2D eigenvalue weighted by molar-refractivity contribution is 6.01. The number of nitrogens with one attached hydrogen (secondary N) is 2. The number of carbonyl (C=O) groups is 2. The Bertz CT molecular complexity index is 686. The zero-order chi connectivity index (χ0) is 17.4. The minimum absolute atomic E-state index is 0.0530. The van der Waals surface area contributed by atoms with Gasteiger partial charge in [0.25, 0.3) is 0 Å². The fraction of sp³-hybridized carbons (Fsp3) is 0.263. The van der Waals surface area contributed by atoms with Crippen LogP contribution in [0.5, 0.6) is 0 Å². The van der Waals surface area contributed by atoms with Crippen LogP contribution < -0.4 is 10.6 Å². The second-order valence-corrected chi connectivity index (χ2v) is 5.33. The van der Waals surface area contributed by atoms with Crippen molar-refractivity contribution in [3.63, 3.8) is 0 Å². The van der Waals surface area contributed by atoms with Crippen molar-refractivity contribution in [2.45, 2.75) is 19.9 Å². The number of benzene rings is 2. The van der Waals surface area contributed by atoms with Crippen LogP contribution in [0.4, 0.5) is 5.69 Å². The Balaban J connectivity index is 1.94. The number of anilines is 1. The largest absolute Gasteiger partial charge is 0.462 e. The van der Waals surface area contributed by atoms with Gasteiger partial charge in [-0.15, -0.1) is 0 Å². The molecule has 2 aromatic carbocycles. The molecule has 0 aliphatic carbocycles. The Hall–Kier alpha value is -2.66. The average Bonchev–Trinajstić information content (AvgIpc) is 2.61. The first kappa shape index (κ1) is 17.7. The number of para-hydroxylation sites is 1. The summed E-state index contributed by atoms with van der Waals surface area (Å²) in [6.45, 7) is 4.17. The van der Waals surface area contributed by atoms with Crippen LogP contribution in [-0.4, -0.2) is 25.0 Å². The van der Waals surface area contributed by atoms with Gasteiger partial charge in [-0.2, -0.15) is 0 Å². The molecule has 5 nitrogen and oxygen atoms in total. The lowest BCUT2D eigenvalue weighted by atomic mass is 10.1. The van der Waals surface area contributed by atoms with Crippen molar-refractivity contribution < 1.29 is 14.3 Å². The van der Waals surface area contributed by atoms with E-state index in [9.17, 15) is 9.59 Å². The van der Waals surface area contributed by atoms with E-state index in [4.69, 9.17) is 4.74 Å².